The van der Waals surface area contributed by atoms with Gasteiger partial charge in [0.05, 0.1) is 17.8 Å². The molecule has 0 radical (unpaired) electrons. The Hall–Kier alpha value is -3.80. The number of aromatic nitrogens is 5. The molecule has 5 rings (SSSR count). The van der Waals surface area contributed by atoms with Crippen LogP contribution in [0.5, 0.6) is 5.75 Å². The van der Waals surface area contributed by atoms with Crippen molar-refractivity contribution in [3.05, 3.63) is 78.5 Å². The fourth-order valence-corrected chi connectivity index (χ4v) is 3.20. The molecule has 1 N–H and O–H groups in total. The number of rotatable bonds is 3. The predicted molar refractivity (Wildman–Crippen MR) is 103 cm³/mol. The lowest BCUT2D eigenvalue weighted by Crippen LogP contribution is -2.03. The highest BCUT2D eigenvalue weighted by atomic mass is 16.3. The zero-order valence-electron chi connectivity index (χ0n) is 14.3. The highest BCUT2D eigenvalue weighted by molar-refractivity contribution is 5.79. The SMILES string of the molecule is Oc1ccccc1-c1ccc2nnn(Cc3ccc4ncccc4c3)c2n1. The van der Waals surface area contributed by atoms with Crippen molar-refractivity contribution in [2.24, 2.45) is 0 Å². The molecule has 0 atom stereocenters. The summed E-state index contributed by atoms with van der Waals surface area (Å²) in [6.45, 7) is 0.554. The van der Waals surface area contributed by atoms with Gasteiger partial charge in [-0.1, -0.05) is 29.5 Å². The summed E-state index contributed by atoms with van der Waals surface area (Å²) in [4.78, 5) is 9.04. The molecule has 0 saturated heterocycles. The molecule has 3 aromatic heterocycles. The van der Waals surface area contributed by atoms with E-state index in [0.717, 1.165) is 22.0 Å². The number of benzene rings is 2. The summed E-state index contributed by atoms with van der Waals surface area (Å²) in [5.74, 6) is 0.199. The highest BCUT2D eigenvalue weighted by Gasteiger charge is 2.11. The van der Waals surface area contributed by atoms with Gasteiger partial charge in [-0.3, -0.25) is 4.98 Å². The Balaban J connectivity index is 1.56. The summed E-state index contributed by atoms with van der Waals surface area (Å²) in [5.41, 5.74) is 4.83. The molecule has 0 unspecified atom stereocenters. The van der Waals surface area contributed by atoms with Crippen LogP contribution in [0.25, 0.3) is 33.3 Å². The molecular formula is C21H15N5O. The van der Waals surface area contributed by atoms with Gasteiger partial charge in [0, 0.05) is 17.1 Å². The Morgan fingerprint density at radius 1 is 0.889 bits per heavy atom. The Morgan fingerprint density at radius 2 is 1.78 bits per heavy atom. The molecule has 6 nitrogen and oxygen atoms in total. The van der Waals surface area contributed by atoms with Gasteiger partial charge in [0.15, 0.2) is 5.65 Å². The number of hydrogen-bond donors (Lipinski definition) is 1. The third-order valence-corrected chi connectivity index (χ3v) is 4.54. The van der Waals surface area contributed by atoms with Gasteiger partial charge in [-0.05, 0) is 48.0 Å². The van der Waals surface area contributed by atoms with Crippen molar-refractivity contribution in [2.45, 2.75) is 6.54 Å². The van der Waals surface area contributed by atoms with Crippen LogP contribution in [0.4, 0.5) is 0 Å². The number of phenolic OH excluding ortho intramolecular Hbond substituents is 1. The maximum Gasteiger partial charge on any atom is 0.179 e. The van der Waals surface area contributed by atoms with Gasteiger partial charge in [0.25, 0.3) is 0 Å². The lowest BCUT2D eigenvalue weighted by atomic mass is 10.1. The number of fused-ring (bicyclic) bond motifs is 2. The standard InChI is InChI=1S/C21H15N5O/c27-20-6-2-1-5-16(20)18-9-10-19-21(23-18)26(25-24-19)13-14-7-8-17-15(12-14)4-3-11-22-17/h1-12,27H,13H2. The van der Waals surface area contributed by atoms with Crippen LogP contribution in [0.2, 0.25) is 0 Å². The lowest BCUT2D eigenvalue weighted by Gasteiger charge is -2.06. The fourth-order valence-electron chi connectivity index (χ4n) is 3.20. The Morgan fingerprint density at radius 3 is 2.70 bits per heavy atom. The number of nitrogens with zero attached hydrogens (tertiary/aromatic N) is 5. The van der Waals surface area contributed by atoms with Gasteiger partial charge in [-0.2, -0.15) is 0 Å². The molecule has 0 spiro atoms. The van der Waals surface area contributed by atoms with Gasteiger partial charge in [0.1, 0.15) is 11.3 Å². The second-order valence-electron chi connectivity index (χ2n) is 6.33. The van der Waals surface area contributed by atoms with E-state index >= 15 is 0 Å². The van der Waals surface area contributed by atoms with E-state index in [-0.39, 0.29) is 5.75 Å². The second-order valence-corrected chi connectivity index (χ2v) is 6.33. The molecule has 0 aliphatic heterocycles. The molecule has 27 heavy (non-hydrogen) atoms. The Bertz CT molecular complexity index is 1280. The van der Waals surface area contributed by atoms with Crippen LogP contribution >= 0.6 is 0 Å². The molecule has 0 amide bonds. The van der Waals surface area contributed by atoms with Crippen LogP contribution in [0.1, 0.15) is 5.56 Å². The van der Waals surface area contributed by atoms with Crippen molar-refractivity contribution in [1.29, 1.82) is 0 Å². The van der Waals surface area contributed by atoms with Gasteiger partial charge in [-0.15, -0.1) is 5.10 Å². The van der Waals surface area contributed by atoms with Crippen LogP contribution in [-0.2, 0) is 6.54 Å². The van der Waals surface area contributed by atoms with Crippen LogP contribution in [0, 0.1) is 0 Å². The summed E-state index contributed by atoms with van der Waals surface area (Å²) in [5, 5.41) is 19.7. The average molecular weight is 353 g/mol. The molecular weight excluding hydrogens is 338 g/mol. The fraction of sp³-hybridized carbons (Fsp3) is 0.0476. The first-order valence-corrected chi connectivity index (χ1v) is 8.60. The minimum Gasteiger partial charge on any atom is -0.507 e. The van der Waals surface area contributed by atoms with Crippen molar-refractivity contribution in [3.63, 3.8) is 0 Å². The van der Waals surface area contributed by atoms with E-state index in [1.165, 1.54) is 0 Å². The monoisotopic (exact) mass is 353 g/mol. The summed E-state index contributed by atoms with van der Waals surface area (Å²) < 4.78 is 1.77. The van der Waals surface area contributed by atoms with Crippen molar-refractivity contribution in [1.82, 2.24) is 25.0 Å². The van der Waals surface area contributed by atoms with Gasteiger partial charge in [0.2, 0.25) is 0 Å². The summed E-state index contributed by atoms with van der Waals surface area (Å²) in [6, 6.07) is 21.0. The van der Waals surface area contributed by atoms with Crippen molar-refractivity contribution in [2.75, 3.05) is 0 Å². The Kier molecular flexibility index (Phi) is 3.53. The summed E-state index contributed by atoms with van der Waals surface area (Å²) >= 11 is 0. The number of phenols is 1. The molecule has 5 aromatic rings. The largest absolute Gasteiger partial charge is 0.507 e. The van der Waals surface area contributed by atoms with Gasteiger partial charge < -0.3 is 5.11 Å². The molecule has 6 heteroatoms. The van der Waals surface area contributed by atoms with Gasteiger partial charge in [-0.25, -0.2) is 9.67 Å². The molecule has 0 aliphatic rings. The smallest absolute Gasteiger partial charge is 0.179 e. The quantitative estimate of drug-likeness (QED) is 0.534. The van der Waals surface area contributed by atoms with E-state index in [9.17, 15) is 5.11 Å². The van der Waals surface area contributed by atoms with E-state index < -0.39 is 0 Å². The molecule has 0 fully saturated rings. The first-order valence-electron chi connectivity index (χ1n) is 8.60. The summed E-state index contributed by atoms with van der Waals surface area (Å²) in [6.07, 6.45) is 1.79. The van der Waals surface area contributed by atoms with Crippen LogP contribution < -0.4 is 0 Å². The summed E-state index contributed by atoms with van der Waals surface area (Å²) in [7, 11) is 0. The minimum absolute atomic E-state index is 0.199. The maximum absolute atomic E-state index is 10.1. The minimum atomic E-state index is 0.199. The first kappa shape index (κ1) is 15.5. The van der Waals surface area contributed by atoms with E-state index in [2.05, 4.69) is 21.4 Å². The van der Waals surface area contributed by atoms with E-state index in [1.54, 1.807) is 23.0 Å². The van der Waals surface area contributed by atoms with Crippen LogP contribution in [0.3, 0.4) is 0 Å². The number of pyridine rings is 2. The van der Waals surface area contributed by atoms with Gasteiger partial charge >= 0.3 is 0 Å². The van der Waals surface area contributed by atoms with Crippen molar-refractivity contribution < 1.29 is 5.11 Å². The third-order valence-electron chi connectivity index (χ3n) is 4.54. The topological polar surface area (TPSA) is 76.7 Å². The Labute approximate surface area is 154 Å². The molecule has 0 aliphatic carbocycles. The normalized spacial score (nSPS) is 11.3. The van der Waals surface area contributed by atoms with Crippen LogP contribution in [0.15, 0.2) is 72.9 Å². The molecule has 3 heterocycles. The predicted octanol–water partition coefficient (Wildman–Crippen LogP) is 3.80. The van der Waals surface area contributed by atoms with Crippen LogP contribution in [-0.4, -0.2) is 30.1 Å². The van der Waals surface area contributed by atoms with Crippen molar-refractivity contribution in [3.8, 4) is 17.0 Å². The van der Waals surface area contributed by atoms with E-state index in [4.69, 9.17) is 4.98 Å². The number of para-hydroxylation sites is 1. The third kappa shape index (κ3) is 2.77. The molecule has 130 valence electrons. The molecule has 0 saturated carbocycles. The zero-order valence-corrected chi connectivity index (χ0v) is 14.3. The zero-order chi connectivity index (χ0) is 18.2. The first-order chi connectivity index (χ1) is 13.3. The maximum atomic E-state index is 10.1. The van der Waals surface area contributed by atoms with E-state index in [1.807, 2.05) is 48.5 Å². The van der Waals surface area contributed by atoms with E-state index in [0.29, 0.717) is 23.4 Å². The highest BCUT2D eigenvalue weighted by Crippen LogP contribution is 2.28. The van der Waals surface area contributed by atoms with Crippen molar-refractivity contribution >= 4 is 22.1 Å². The molecule has 0 bridgehead atoms. The average Bonchev–Trinajstić information content (AvgIpc) is 3.10. The molecule has 2 aromatic carbocycles. The number of aromatic hydroxyl groups is 1. The second kappa shape index (κ2) is 6.17. The number of hydrogen-bond acceptors (Lipinski definition) is 5. The lowest BCUT2D eigenvalue weighted by molar-refractivity contribution is 0.477.